The fraction of sp³-hybridized carbons (Fsp3) is 0. The first-order valence-electron chi connectivity index (χ1n) is 4.46. The molecule has 1 aromatic carbocycles. The number of nitrogens with two attached hydrogens (primary N) is 1. The van der Waals surface area contributed by atoms with Crippen LogP contribution in [0.2, 0.25) is 0 Å². The topological polar surface area (TPSA) is 54.7 Å². The standard InChI is InChI=1S/C11H7FIN3/c12-8-4-11(10(15)5-9(8)13)16-3-1-2-7(16)6-14/h1-5H,15H2. The van der Waals surface area contributed by atoms with Crippen LogP contribution in [0.25, 0.3) is 5.69 Å². The van der Waals surface area contributed by atoms with E-state index in [4.69, 9.17) is 11.0 Å². The molecule has 2 rings (SSSR count). The molecular formula is C11H7FIN3. The minimum atomic E-state index is -0.345. The van der Waals surface area contributed by atoms with Gasteiger partial charge < -0.3 is 10.3 Å². The van der Waals surface area contributed by atoms with E-state index in [9.17, 15) is 4.39 Å². The summed E-state index contributed by atoms with van der Waals surface area (Å²) in [6.45, 7) is 0. The van der Waals surface area contributed by atoms with Crippen molar-refractivity contribution in [3.05, 3.63) is 45.5 Å². The molecule has 0 saturated heterocycles. The highest BCUT2D eigenvalue weighted by molar-refractivity contribution is 14.1. The van der Waals surface area contributed by atoms with Crippen LogP contribution >= 0.6 is 22.6 Å². The van der Waals surface area contributed by atoms with Gasteiger partial charge >= 0.3 is 0 Å². The lowest BCUT2D eigenvalue weighted by molar-refractivity contribution is 0.619. The highest BCUT2D eigenvalue weighted by Crippen LogP contribution is 2.24. The van der Waals surface area contributed by atoms with E-state index in [0.29, 0.717) is 20.6 Å². The van der Waals surface area contributed by atoms with Crippen molar-refractivity contribution in [3.8, 4) is 11.8 Å². The smallest absolute Gasteiger partial charge is 0.138 e. The number of hydrogen-bond donors (Lipinski definition) is 1. The molecule has 0 aliphatic carbocycles. The Hall–Kier alpha value is -1.55. The number of hydrogen-bond acceptors (Lipinski definition) is 2. The second kappa shape index (κ2) is 4.14. The van der Waals surface area contributed by atoms with Gasteiger partial charge in [0.15, 0.2) is 0 Å². The second-order valence-corrected chi connectivity index (χ2v) is 4.36. The van der Waals surface area contributed by atoms with Gasteiger partial charge in [0.25, 0.3) is 0 Å². The van der Waals surface area contributed by atoms with Crippen molar-refractivity contribution < 1.29 is 4.39 Å². The van der Waals surface area contributed by atoms with E-state index in [1.807, 2.05) is 28.7 Å². The first-order valence-corrected chi connectivity index (χ1v) is 5.53. The highest BCUT2D eigenvalue weighted by atomic mass is 127. The number of halogens is 2. The predicted octanol–water partition coefficient (Wildman–Crippen LogP) is 2.67. The molecule has 3 nitrogen and oxygen atoms in total. The zero-order chi connectivity index (χ0) is 11.7. The van der Waals surface area contributed by atoms with E-state index in [-0.39, 0.29) is 5.82 Å². The summed E-state index contributed by atoms with van der Waals surface area (Å²) in [4.78, 5) is 0. The summed E-state index contributed by atoms with van der Waals surface area (Å²) in [6.07, 6.45) is 1.68. The molecule has 0 bridgehead atoms. The van der Waals surface area contributed by atoms with E-state index in [1.54, 1.807) is 29.0 Å². The zero-order valence-electron chi connectivity index (χ0n) is 8.11. The van der Waals surface area contributed by atoms with Gasteiger partial charge in [0.1, 0.15) is 17.6 Å². The third kappa shape index (κ3) is 1.76. The Bertz CT molecular complexity index is 583. The van der Waals surface area contributed by atoms with Crippen LogP contribution in [0.4, 0.5) is 10.1 Å². The normalized spacial score (nSPS) is 10.1. The molecule has 2 aromatic rings. The first kappa shape index (κ1) is 11.0. The molecule has 80 valence electrons. The maximum absolute atomic E-state index is 13.4. The molecule has 0 aliphatic rings. The van der Waals surface area contributed by atoms with Gasteiger partial charge in [-0.1, -0.05) is 0 Å². The Kier molecular flexibility index (Phi) is 2.83. The Morgan fingerprint density at radius 1 is 1.44 bits per heavy atom. The number of nitrogens with zero attached hydrogens (tertiary/aromatic N) is 2. The zero-order valence-corrected chi connectivity index (χ0v) is 10.3. The Morgan fingerprint density at radius 2 is 2.19 bits per heavy atom. The monoisotopic (exact) mass is 327 g/mol. The lowest BCUT2D eigenvalue weighted by atomic mass is 10.2. The Labute approximate surface area is 105 Å². The molecule has 0 amide bonds. The third-order valence-corrected chi connectivity index (χ3v) is 3.02. The van der Waals surface area contributed by atoms with Crippen LogP contribution in [0, 0.1) is 20.7 Å². The minimum absolute atomic E-state index is 0.345. The van der Waals surface area contributed by atoms with Gasteiger partial charge in [-0.25, -0.2) is 4.39 Å². The largest absolute Gasteiger partial charge is 0.397 e. The van der Waals surface area contributed by atoms with Crippen molar-refractivity contribution in [2.24, 2.45) is 0 Å². The summed E-state index contributed by atoms with van der Waals surface area (Å²) in [5.41, 5.74) is 7.16. The predicted molar refractivity (Wildman–Crippen MR) is 67.6 cm³/mol. The van der Waals surface area contributed by atoms with E-state index >= 15 is 0 Å². The number of benzene rings is 1. The van der Waals surface area contributed by atoms with Gasteiger partial charge in [0.05, 0.1) is 14.9 Å². The Balaban J connectivity index is 2.66. The Morgan fingerprint density at radius 3 is 2.88 bits per heavy atom. The quantitative estimate of drug-likeness (QED) is 0.647. The van der Waals surface area contributed by atoms with Crippen molar-refractivity contribution >= 4 is 28.3 Å². The second-order valence-electron chi connectivity index (χ2n) is 3.20. The van der Waals surface area contributed by atoms with Gasteiger partial charge in [0, 0.05) is 12.3 Å². The lowest BCUT2D eigenvalue weighted by Gasteiger charge is -2.09. The van der Waals surface area contributed by atoms with Crippen LogP contribution in [0.3, 0.4) is 0 Å². The van der Waals surface area contributed by atoms with Crippen molar-refractivity contribution in [1.82, 2.24) is 4.57 Å². The maximum Gasteiger partial charge on any atom is 0.138 e. The summed E-state index contributed by atoms with van der Waals surface area (Å²) < 4.78 is 15.5. The molecule has 0 atom stereocenters. The van der Waals surface area contributed by atoms with Crippen molar-refractivity contribution in [1.29, 1.82) is 5.26 Å². The molecule has 0 aliphatic heterocycles. The molecule has 16 heavy (non-hydrogen) atoms. The van der Waals surface area contributed by atoms with Crippen LogP contribution in [-0.4, -0.2) is 4.57 Å². The fourth-order valence-electron chi connectivity index (χ4n) is 1.44. The van der Waals surface area contributed by atoms with Gasteiger partial charge in [-0.3, -0.25) is 0 Å². The van der Waals surface area contributed by atoms with Gasteiger partial charge in [-0.05, 0) is 40.8 Å². The van der Waals surface area contributed by atoms with Crippen molar-refractivity contribution in [2.75, 3.05) is 5.73 Å². The first-order chi connectivity index (χ1) is 7.63. The molecule has 1 heterocycles. The summed E-state index contributed by atoms with van der Waals surface area (Å²) in [7, 11) is 0. The molecule has 1 aromatic heterocycles. The van der Waals surface area contributed by atoms with Crippen molar-refractivity contribution in [3.63, 3.8) is 0 Å². The summed E-state index contributed by atoms with van der Waals surface area (Å²) in [5, 5.41) is 8.88. The lowest BCUT2D eigenvalue weighted by Crippen LogP contribution is -2.02. The van der Waals surface area contributed by atoms with E-state index in [2.05, 4.69) is 0 Å². The van der Waals surface area contributed by atoms with Crippen LogP contribution in [-0.2, 0) is 0 Å². The third-order valence-electron chi connectivity index (χ3n) is 2.19. The average molecular weight is 327 g/mol. The molecule has 0 spiro atoms. The molecule has 0 saturated carbocycles. The molecule has 5 heteroatoms. The minimum Gasteiger partial charge on any atom is -0.397 e. The SMILES string of the molecule is N#Cc1cccn1-c1cc(F)c(I)cc1N. The van der Waals surface area contributed by atoms with Crippen molar-refractivity contribution in [2.45, 2.75) is 0 Å². The van der Waals surface area contributed by atoms with Crippen LogP contribution in [0.5, 0.6) is 0 Å². The van der Waals surface area contributed by atoms with E-state index in [0.717, 1.165) is 0 Å². The van der Waals surface area contributed by atoms with E-state index in [1.165, 1.54) is 6.07 Å². The maximum atomic E-state index is 13.4. The summed E-state index contributed by atoms with van der Waals surface area (Å²) >= 11 is 1.87. The van der Waals surface area contributed by atoms with E-state index < -0.39 is 0 Å². The van der Waals surface area contributed by atoms with Crippen LogP contribution < -0.4 is 5.73 Å². The van der Waals surface area contributed by atoms with Gasteiger partial charge in [0.2, 0.25) is 0 Å². The average Bonchev–Trinajstić information content (AvgIpc) is 2.71. The van der Waals surface area contributed by atoms with Crippen LogP contribution in [0.1, 0.15) is 5.69 Å². The summed E-state index contributed by atoms with van der Waals surface area (Å²) in [6, 6.07) is 8.26. The molecule has 0 radical (unpaired) electrons. The molecule has 0 fully saturated rings. The number of nitrogen functional groups attached to an aromatic ring is 1. The number of rotatable bonds is 1. The molecule has 2 N–H and O–H groups in total. The number of nitriles is 1. The fourth-order valence-corrected chi connectivity index (χ4v) is 1.93. The molecular weight excluding hydrogens is 320 g/mol. The van der Waals surface area contributed by atoms with Gasteiger partial charge in [-0.2, -0.15) is 5.26 Å². The number of aromatic nitrogens is 1. The molecule has 0 unspecified atom stereocenters. The summed E-state index contributed by atoms with van der Waals surface area (Å²) in [5.74, 6) is -0.345. The van der Waals surface area contributed by atoms with Gasteiger partial charge in [-0.15, -0.1) is 0 Å². The highest BCUT2D eigenvalue weighted by Gasteiger charge is 2.09. The number of anilines is 1. The van der Waals surface area contributed by atoms with Crippen LogP contribution in [0.15, 0.2) is 30.5 Å².